The molecule has 0 aromatic heterocycles. The molecular weight excluding hydrogens is 183 g/mol. The smallest absolute Gasteiger partial charge is 0.193 e. The molecule has 0 aliphatic rings. The Morgan fingerprint density at radius 1 is 0.667 bits per heavy atom. The largest absolute Gasteiger partial charge is 0.289 e. The summed E-state index contributed by atoms with van der Waals surface area (Å²) < 4.78 is 0. The molecule has 0 bridgehead atoms. The molecule has 0 aliphatic carbocycles. The number of carbonyl (C=O) groups excluding carboxylic acids is 1. The zero-order valence-corrected chi connectivity index (χ0v) is 7.68. The average molecular weight is 196 g/mol. The third kappa shape index (κ3) is 2.56. The van der Waals surface area contributed by atoms with Crippen molar-refractivity contribution in [2.75, 3.05) is 0 Å². The maximum absolute atomic E-state index is 11.8. The lowest BCUT2D eigenvalue weighted by molar-refractivity contribution is 0.103. The van der Waals surface area contributed by atoms with Crippen LogP contribution in [0.25, 0.3) is 0 Å². The van der Waals surface area contributed by atoms with Crippen LogP contribution >= 0.6 is 0 Å². The molecule has 0 atom stereocenters. The summed E-state index contributed by atoms with van der Waals surface area (Å²) in [6.45, 7) is 0. The van der Waals surface area contributed by atoms with E-state index in [9.17, 15) is 4.79 Å². The van der Waals surface area contributed by atoms with Crippen LogP contribution in [0.2, 0.25) is 0 Å². The van der Waals surface area contributed by atoms with E-state index in [1.54, 1.807) is 0 Å². The van der Waals surface area contributed by atoms with Crippen LogP contribution in [0.4, 0.5) is 0 Å². The summed E-state index contributed by atoms with van der Waals surface area (Å²) in [6, 6.07) is 18.6. The molecule has 0 heterocycles. The highest BCUT2D eigenvalue weighted by Crippen LogP contribution is 2.08. The third-order valence-corrected chi connectivity index (χ3v) is 2.07. The fraction of sp³-hybridized carbons (Fsp3) is 0. The first-order valence-corrected chi connectivity index (χ1v) is 4.53. The molecular formula is C13H13BO. The van der Waals surface area contributed by atoms with Gasteiger partial charge in [-0.15, -0.1) is 0 Å². The van der Waals surface area contributed by atoms with Gasteiger partial charge in [0.1, 0.15) is 0 Å². The topological polar surface area (TPSA) is 17.1 Å². The first kappa shape index (κ1) is 11.3. The molecule has 0 spiro atoms. The Morgan fingerprint density at radius 2 is 1.00 bits per heavy atom. The van der Waals surface area contributed by atoms with Gasteiger partial charge >= 0.3 is 0 Å². The molecule has 0 radical (unpaired) electrons. The third-order valence-electron chi connectivity index (χ3n) is 2.07. The first-order chi connectivity index (χ1) is 6.88. The predicted octanol–water partition coefficient (Wildman–Crippen LogP) is 1.73. The molecule has 0 unspecified atom stereocenters. The molecule has 0 fully saturated rings. The standard InChI is InChI=1S/C13H10O.BH3/c14-13(11-7-3-1-4-8-11)12-9-5-2-6-10-12;/h1-10H;1H3. The van der Waals surface area contributed by atoms with Crippen LogP contribution in [0.5, 0.6) is 0 Å². The second-order valence-corrected chi connectivity index (χ2v) is 3.06. The Balaban J connectivity index is 0.00000112. The molecule has 2 rings (SSSR count). The van der Waals surface area contributed by atoms with E-state index in [-0.39, 0.29) is 14.2 Å². The van der Waals surface area contributed by atoms with Gasteiger partial charge in [-0.05, 0) is 0 Å². The van der Waals surface area contributed by atoms with Crippen LogP contribution < -0.4 is 0 Å². The molecule has 74 valence electrons. The summed E-state index contributed by atoms with van der Waals surface area (Å²) in [4.78, 5) is 11.8. The molecule has 0 saturated carbocycles. The summed E-state index contributed by atoms with van der Waals surface area (Å²) in [5.41, 5.74) is 1.47. The van der Waals surface area contributed by atoms with Gasteiger partial charge in [-0.25, -0.2) is 0 Å². The average Bonchev–Trinajstić information content (AvgIpc) is 2.30. The van der Waals surface area contributed by atoms with E-state index >= 15 is 0 Å². The van der Waals surface area contributed by atoms with Crippen molar-refractivity contribution in [3.05, 3.63) is 71.8 Å². The van der Waals surface area contributed by atoms with Crippen molar-refractivity contribution in [3.63, 3.8) is 0 Å². The van der Waals surface area contributed by atoms with Gasteiger partial charge in [0.25, 0.3) is 0 Å². The van der Waals surface area contributed by atoms with Crippen molar-refractivity contribution in [1.82, 2.24) is 0 Å². The highest BCUT2D eigenvalue weighted by Gasteiger charge is 2.06. The normalized spacial score (nSPS) is 9.07. The zero-order valence-electron chi connectivity index (χ0n) is 7.68. The monoisotopic (exact) mass is 196 g/mol. The van der Waals surface area contributed by atoms with Gasteiger partial charge in [0.05, 0.1) is 8.41 Å². The number of carbonyl (C=O) groups is 1. The lowest BCUT2D eigenvalue weighted by atomic mass is 10.0. The van der Waals surface area contributed by atoms with Crippen molar-refractivity contribution in [1.29, 1.82) is 0 Å². The molecule has 2 heteroatoms. The summed E-state index contributed by atoms with van der Waals surface area (Å²) >= 11 is 0. The summed E-state index contributed by atoms with van der Waals surface area (Å²) in [7, 11) is 0. The highest BCUT2D eigenvalue weighted by molar-refractivity contribution is 6.08. The van der Waals surface area contributed by atoms with Gasteiger partial charge in [0.2, 0.25) is 0 Å². The Hall–Kier alpha value is -1.83. The number of benzene rings is 2. The fourth-order valence-electron chi connectivity index (χ4n) is 1.35. The van der Waals surface area contributed by atoms with Gasteiger partial charge in [-0.1, -0.05) is 60.7 Å². The van der Waals surface area contributed by atoms with Crippen molar-refractivity contribution in [2.45, 2.75) is 0 Å². The van der Waals surface area contributed by atoms with Gasteiger partial charge in [0.15, 0.2) is 5.78 Å². The molecule has 0 amide bonds. The van der Waals surface area contributed by atoms with Crippen molar-refractivity contribution in [2.24, 2.45) is 0 Å². The minimum atomic E-state index is 0. The van der Waals surface area contributed by atoms with Crippen LogP contribution in [0.15, 0.2) is 60.7 Å². The van der Waals surface area contributed by atoms with E-state index in [1.807, 2.05) is 60.7 Å². The van der Waals surface area contributed by atoms with Crippen molar-refractivity contribution < 1.29 is 4.79 Å². The van der Waals surface area contributed by atoms with Crippen LogP contribution in [0, 0.1) is 0 Å². The Morgan fingerprint density at radius 3 is 1.33 bits per heavy atom. The lowest BCUT2D eigenvalue weighted by Gasteiger charge is -1.99. The van der Waals surface area contributed by atoms with E-state index in [1.165, 1.54) is 0 Å². The molecule has 2 aromatic rings. The summed E-state index contributed by atoms with van der Waals surface area (Å²) in [5, 5.41) is 0. The van der Waals surface area contributed by atoms with E-state index < -0.39 is 0 Å². The maximum Gasteiger partial charge on any atom is 0.193 e. The van der Waals surface area contributed by atoms with Crippen LogP contribution in [0.1, 0.15) is 15.9 Å². The van der Waals surface area contributed by atoms with Gasteiger partial charge < -0.3 is 0 Å². The summed E-state index contributed by atoms with van der Waals surface area (Å²) in [6.07, 6.45) is 0. The second-order valence-electron chi connectivity index (χ2n) is 3.06. The SMILES string of the molecule is B.O=C(c1ccccc1)c1ccccc1. The van der Waals surface area contributed by atoms with Crippen LogP contribution in [-0.2, 0) is 0 Å². The number of ketones is 1. The molecule has 0 N–H and O–H groups in total. The predicted molar refractivity (Wildman–Crippen MR) is 66.3 cm³/mol. The number of hydrogen-bond donors (Lipinski definition) is 0. The van der Waals surface area contributed by atoms with Crippen molar-refractivity contribution >= 4 is 14.2 Å². The zero-order chi connectivity index (χ0) is 9.80. The van der Waals surface area contributed by atoms with Crippen molar-refractivity contribution in [3.8, 4) is 0 Å². The lowest BCUT2D eigenvalue weighted by Crippen LogP contribution is -1.99. The Kier molecular flexibility index (Phi) is 3.87. The van der Waals surface area contributed by atoms with E-state index in [0.717, 1.165) is 11.1 Å². The molecule has 0 aliphatic heterocycles. The second kappa shape index (κ2) is 5.15. The Bertz CT molecular complexity index is 381. The van der Waals surface area contributed by atoms with Gasteiger partial charge in [0, 0.05) is 11.1 Å². The van der Waals surface area contributed by atoms with E-state index in [4.69, 9.17) is 0 Å². The molecule has 15 heavy (non-hydrogen) atoms. The Labute approximate surface area is 91.3 Å². The molecule has 0 saturated heterocycles. The molecule has 1 nitrogen and oxygen atoms in total. The van der Waals surface area contributed by atoms with Gasteiger partial charge in [-0.2, -0.15) is 0 Å². The first-order valence-electron chi connectivity index (χ1n) is 4.53. The minimum Gasteiger partial charge on any atom is -0.289 e. The van der Waals surface area contributed by atoms with Crippen LogP contribution in [-0.4, -0.2) is 14.2 Å². The van der Waals surface area contributed by atoms with E-state index in [0.29, 0.717) is 0 Å². The minimum absolute atomic E-state index is 0. The number of hydrogen-bond acceptors (Lipinski definition) is 1. The fourth-order valence-corrected chi connectivity index (χ4v) is 1.35. The van der Waals surface area contributed by atoms with Crippen LogP contribution in [0.3, 0.4) is 0 Å². The van der Waals surface area contributed by atoms with E-state index in [2.05, 4.69) is 0 Å². The maximum atomic E-state index is 11.8. The number of rotatable bonds is 2. The summed E-state index contributed by atoms with van der Waals surface area (Å²) in [5.74, 6) is 0.0752. The van der Waals surface area contributed by atoms with Gasteiger partial charge in [-0.3, -0.25) is 4.79 Å². The quantitative estimate of drug-likeness (QED) is 0.528. The molecule has 2 aromatic carbocycles. The highest BCUT2D eigenvalue weighted by atomic mass is 16.1.